The van der Waals surface area contributed by atoms with Crippen molar-refractivity contribution in [2.45, 2.75) is 23.9 Å². The van der Waals surface area contributed by atoms with Crippen LogP contribution in [-0.2, 0) is 0 Å². The van der Waals surface area contributed by atoms with Crippen LogP contribution < -0.4 is 0 Å². The van der Waals surface area contributed by atoms with E-state index in [-0.39, 0.29) is 5.78 Å². The Morgan fingerprint density at radius 2 is 1.72 bits per heavy atom. The highest BCUT2D eigenvalue weighted by atomic mass is 79.9. The summed E-state index contributed by atoms with van der Waals surface area (Å²) in [5.74, 6) is 1.93. The van der Waals surface area contributed by atoms with Gasteiger partial charge in [0, 0.05) is 16.0 Å². The first kappa shape index (κ1) is 16.5. The van der Waals surface area contributed by atoms with Crippen molar-refractivity contribution in [1.82, 2.24) is 15.2 Å². The Balaban J connectivity index is 1.38. The third kappa shape index (κ3) is 4.02. The van der Waals surface area contributed by atoms with Crippen LogP contribution in [0.3, 0.4) is 0 Å². The molecule has 0 aliphatic heterocycles. The molecular formula is C19H16BrN3OS. The molecule has 3 aromatic rings. The van der Waals surface area contributed by atoms with Gasteiger partial charge in [0.1, 0.15) is 5.82 Å². The molecule has 0 unspecified atom stereocenters. The van der Waals surface area contributed by atoms with Gasteiger partial charge in [0.25, 0.3) is 0 Å². The zero-order valence-electron chi connectivity index (χ0n) is 13.4. The highest BCUT2D eigenvalue weighted by Gasteiger charge is 2.27. The molecule has 0 amide bonds. The lowest BCUT2D eigenvalue weighted by Gasteiger charge is -2.04. The number of carbonyl (C=O) groups excluding carboxylic acids is 1. The maximum Gasteiger partial charge on any atom is 0.208 e. The van der Waals surface area contributed by atoms with Crippen molar-refractivity contribution in [3.63, 3.8) is 0 Å². The van der Waals surface area contributed by atoms with E-state index in [2.05, 4.69) is 43.2 Å². The van der Waals surface area contributed by atoms with Crippen molar-refractivity contribution in [3.05, 3.63) is 64.4 Å². The number of aromatic nitrogens is 3. The summed E-state index contributed by atoms with van der Waals surface area (Å²) in [5.41, 5.74) is 2.94. The van der Waals surface area contributed by atoms with Crippen molar-refractivity contribution in [2.75, 3.05) is 5.75 Å². The summed E-state index contributed by atoms with van der Waals surface area (Å²) < 4.78 is 1.05. The number of halogens is 1. The maximum absolute atomic E-state index is 12.4. The van der Waals surface area contributed by atoms with E-state index in [0.29, 0.717) is 22.4 Å². The Bertz CT molecular complexity index is 886. The minimum absolute atomic E-state index is 0.0881. The van der Waals surface area contributed by atoms with Crippen LogP contribution in [-0.4, -0.2) is 26.7 Å². The fourth-order valence-corrected chi connectivity index (χ4v) is 3.53. The molecule has 0 bridgehead atoms. The summed E-state index contributed by atoms with van der Waals surface area (Å²) in [6, 6.07) is 15.9. The third-order valence-corrected chi connectivity index (χ3v) is 5.54. The Morgan fingerprint density at radius 3 is 2.36 bits per heavy atom. The molecule has 1 aromatic heterocycles. The number of hydrogen-bond donors (Lipinski definition) is 1. The number of aromatic amines is 1. The second-order valence-corrected chi connectivity index (χ2v) is 7.93. The molecule has 1 aliphatic carbocycles. The van der Waals surface area contributed by atoms with Crippen LogP contribution in [0.25, 0.3) is 11.1 Å². The predicted molar refractivity (Wildman–Crippen MR) is 103 cm³/mol. The van der Waals surface area contributed by atoms with Crippen LogP contribution in [0.2, 0.25) is 0 Å². The van der Waals surface area contributed by atoms with Crippen molar-refractivity contribution < 1.29 is 4.79 Å². The highest BCUT2D eigenvalue weighted by molar-refractivity contribution is 9.10. The summed E-state index contributed by atoms with van der Waals surface area (Å²) in [7, 11) is 0. The lowest BCUT2D eigenvalue weighted by molar-refractivity contribution is 0.102. The van der Waals surface area contributed by atoms with Crippen LogP contribution in [0.15, 0.2) is 58.2 Å². The number of nitrogens with zero attached hydrogens (tertiary/aromatic N) is 2. The van der Waals surface area contributed by atoms with Gasteiger partial charge in [0.2, 0.25) is 5.16 Å². The summed E-state index contributed by atoms with van der Waals surface area (Å²) >= 11 is 4.82. The molecule has 1 saturated carbocycles. The smallest absolute Gasteiger partial charge is 0.208 e. The van der Waals surface area contributed by atoms with Gasteiger partial charge < -0.3 is 0 Å². The first-order valence-electron chi connectivity index (χ1n) is 8.13. The first-order chi connectivity index (χ1) is 12.2. The highest BCUT2D eigenvalue weighted by Crippen LogP contribution is 2.38. The largest absolute Gasteiger partial charge is 0.293 e. The average Bonchev–Trinajstić information content (AvgIpc) is 3.39. The molecule has 0 atom stereocenters. The number of ketones is 1. The molecule has 126 valence electrons. The molecule has 1 fully saturated rings. The van der Waals surface area contributed by atoms with Gasteiger partial charge in [0.05, 0.1) is 5.75 Å². The molecule has 25 heavy (non-hydrogen) atoms. The van der Waals surface area contributed by atoms with Crippen molar-refractivity contribution in [2.24, 2.45) is 0 Å². The van der Waals surface area contributed by atoms with Crippen LogP contribution >= 0.6 is 27.7 Å². The minimum Gasteiger partial charge on any atom is -0.293 e. The lowest BCUT2D eigenvalue weighted by Crippen LogP contribution is -2.02. The number of rotatable bonds is 6. The number of hydrogen-bond acceptors (Lipinski definition) is 4. The van der Waals surface area contributed by atoms with Crippen LogP contribution in [0, 0.1) is 0 Å². The van der Waals surface area contributed by atoms with Crippen molar-refractivity contribution in [3.8, 4) is 11.1 Å². The number of Topliss-reactive ketones (excluding diaryl/α,β-unsaturated/α-hetero) is 1. The quantitative estimate of drug-likeness (QED) is 0.451. The molecule has 1 N–H and O–H groups in total. The molecular weight excluding hydrogens is 398 g/mol. The molecule has 4 nitrogen and oxygen atoms in total. The van der Waals surface area contributed by atoms with Gasteiger partial charge in [-0.15, -0.1) is 5.10 Å². The topological polar surface area (TPSA) is 58.6 Å². The standard InChI is InChI=1S/C19H16BrN3OS/c20-16-9-7-13(8-10-16)12-1-3-14(4-2-12)17(24)11-25-19-21-18(22-23-19)15-5-6-15/h1-4,7-10,15H,5-6,11H2,(H,21,22,23). The van der Waals surface area contributed by atoms with Gasteiger partial charge in [-0.1, -0.05) is 64.1 Å². The number of thioether (sulfide) groups is 1. The molecule has 0 radical (unpaired) electrons. The second-order valence-electron chi connectivity index (χ2n) is 6.07. The van der Waals surface area contributed by atoms with Gasteiger partial charge in [-0.05, 0) is 36.1 Å². The van der Waals surface area contributed by atoms with Gasteiger partial charge in [-0.3, -0.25) is 9.89 Å². The van der Waals surface area contributed by atoms with Gasteiger partial charge in [-0.25, -0.2) is 4.98 Å². The van der Waals surface area contributed by atoms with E-state index in [1.165, 1.54) is 24.6 Å². The van der Waals surface area contributed by atoms with Crippen molar-refractivity contribution in [1.29, 1.82) is 0 Å². The van der Waals surface area contributed by atoms with Gasteiger partial charge in [0.15, 0.2) is 5.78 Å². The van der Waals surface area contributed by atoms with E-state index in [0.717, 1.165) is 21.4 Å². The number of H-pyrrole nitrogens is 1. The van der Waals surface area contributed by atoms with E-state index >= 15 is 0 Å². The van der Waals surface area contributed by atoms with Gasteiger partial charge >= 0.3 is 0 Å². The van der Waals surface area contributed by atoms with E-state index in [9.17, 15) is 4.79 Å². The first-order valence-corrected chi connectivity index (χ1v) is 9.91. The molecule has 0 saturated heterocycles. The Kier molecular flexibility index (Phi) is 4.72. The normalized spacial score (nSPS) is 13.8. The number of benzene rings is 2. The number of nitrogens with one attached hydrogen (secondary N) is 1. The van der Waals surface area contributed by atoms with E-state index in [4.69, 9.17) is 0 Å². The van der Waals surface area contributed by atoms with E-state index < -0.39 is 0 Å². The molecule has 0 spiro atoms. The Labute approximate surface area is 158 Å². The Morgan fingerprint density at radius 1 is 1.08 bits per heavy atom. The van der Waals surface area contributed by atoms with Crippen LogP contribution in [0.5, 0.6) is 0 Å². The fourth-order valence-electron chi connectivity index (χ4n) is 2.57. The third-order valence-electron chi connectivity index (χ3n) is 4.16. The minimum atomic E-state index is 0.0881. The SMILES string of the molecule is O=C(CSc1n[nH]c(C2CC2)n1)c1ccc(-c2ccc(Br)cc2)cc1. The zero-order valence-corrected chi connectivity index (χ0v) is 15.8. The zero-order chi connectivity index (χ0) is 17.2. The van der Waals surface area contributed by atoms with Gasteiger partial charge in [-0.2, -0.15) is 0 Å². The summed E-state index contributed by atoms with van der Waals surface area (Å²) in [4.78, 5) is 16.8. The maximum atomic E-state index is 12.4. The molecule has 1 heterocycles. The summed E-state index contributed by atoms with van der Waals surface area (Å²) in [5, 5.41) is 7.79. The molecule has 6 heteroatoms. The summed E-state index contributed by atoms with van der Waals surface area (Å²) in [6.07, 6.45) is 2.37. The predicted octanol–water partition coefficient (Wildman–Crippen LogP) is 5.09. The molecule has 1 aliphatic rings. The van der Waals surface area contributed by atoms with E-state index in [1.807, 2.05) is 36.4 Å². The second kappa shape index (κ2) is 7.14. The average molecular weight is 414 g/mol. The van der Waals surface area contributed by atoms with Crippen LogP contribution in [0.4, 0.5) is 0 Å². The molecule has 2 aromatic carbocycles. The Hall–Kier alpha value is -1.92. The summed E-state index contributed by atoms with van der Waals surface area (Å²) in [6.45, 7) is 0. The van der Waals surface area contributed by atoms with Crippen molar-refractivity contribution >= 4 is 33.5 Å². The van der Waals surface area contributed by atoms with E-state index in [1.54, 1.807) is 0 Å². The van der Waals surface area contributed by atoms with Crippen LogP contribution in [0.1, 0.15) is 34.9 Å². The lowest BCUT2D eigenvalue weighted by atomic mass is 10.0. The monoisotopic (exact) mass is 413 g/mol. The molecule has 4 rings (SSSR count). The fraction of sp³-hybridized carbons (Fsp3) is 0.211. The number of carbonyl (C=O) groups is 1.